The van der Waals surface area contributed by atoms with Crippen LogP contribution in [0.5, 0.6) is 0 Å². The van der Waals surface area contributed by atoms with Gasteiger partial charge in [-0.05, 0) is 31.2 Å². The molecule has 0 aliphatic carbocycles. The zero-order chi connectivity index (χ0) is 10.8. The first-order valence-electron chi connectivity index (χ1n) is 4.88. The van der Waals surface area contributed by atoms with Crippen molar-refractivity contribution in [2.24, 2.45) is 0 Å². The van der Waals surface area contributed by atoms with Crippen molar-refractivity contribution >= 4 is 27.6 Å². The van der Waals surface area contributed by atoms with E-state index >= 15 is 0 Å². The van der Waals surface area contributed by atoms with E-state index in [0.717, 1.165) is 16.6 Å². The van der Waals surface area contributed by atoms with Crippen molar-refractivity contribution < 1.29 is 9.53 Å². The van der Waals surface area contributed by atoms with Crippen LogP contribution in [-0.2, 0) is 9.53 Å². The van der Waals surface area contributed by atoms with Crippen LogP contribution in [0.2, 0.25) is 0 Å². The van der Waals surface area contributed by atoms with Gasteiger partial charge >= 0.3 is 5.97 Å². The van der Waals surface area contributed by atoms with Crippen LogP contribution in [0, 0.1) is 0 Å². The number of hydrogen-bond acceptors (Lipinski definition) is 3. The number of anilines is 1. The van der Waals surface area contributed by atoms with E-state index in [-0.39, 0.29) is 18.1 Å². The van der Waals surface area contributed by atoms with Crippen LogP contribution in [0.4, 0.5) is 5.69 Å². The molecular formula is C11H12BrNO2. The number of hydrogen-bond donors (Lipinski definition) is 1. The molecule has 80 valence electrons. The third-order valence-corrected chi connectivity index (χ3v) is 2.88. The first kappa shape index (κ1) is 10.5. The van der Waals surface area contributed by atoms with Crippen molar-refractivity contribution in [3.8, 4) is 0 Å². The lowest BCUT2D eigenvalue weighted by molar-refractivity contribution is -0.141. The van der Waals surface area contributed by atoms with Gasteiger partial charge in [0.25, 0.3) is 0 Å². The second-order valence-electron chi connectivity index (χ2n) is 3.69. The van der Waals surface area contributed by atoms with Crippen molar-refractivity contribution in [1.82, 2.24) is 0 Å². The molecule has 1 aliphatic heterocycles. The van der Waals surface area contributed by atoms with Crippen LogP contribution in [0.15, 0.2) is 28.7 Å². The Hall–Kier alpha value is -1.03. The fraction of sp³-hybridized carbons (Fsp3) is 0.364. The molecule has 1 saturated heterocycles. The maximum absolute atomic E-state index is 11.4. The molecule has 0 amide bonds. The molecule has 2 rings (SSSR count). The summed E-state index contributed by atoms with van der Waals surface area (Å²) in [4.78, 5) is 11.4. The van der Waals surface area contributed by atoms with Gasteiger partial charge in [-0.3, -0.25) is 0 Å². The van der Waals surface area contributed by atoms with Gasteiger partial charge < -0.3 is 10.1 Å². The van der Waals surface area contributed by atoms with Crippen molar-refractivity contribution in [2.75, 3.05) is 5.32 Å². The van der Waals surface area contributed by atoms with Crippen LogP contribution in [-0.4, -0.2) is 18.1 Å². The third kappa shape index (κ3) is 2.50. The van der Waals surface area contributed by atoms with Crippen molar-refractivity contribution in [1.29, 1.82) is 0 Å². The first-order chi connectivity index (χ1) is 7.15. The van der Waals surface area contributed by atoms with Gasteiger partial charge in [0.1, 0.15) is 12.1 Å². The summed E-state index contributed by atoms with van der Waals surface area (Å²) in [5.74, 6) is -0.162. The maximum Gasteiger partial charge on any atom is 0.328 e. The molecule has 0 spiro atoms. The van der Waals surface area contributed by atoms with E-state index in [1.54, 1.807) is 0 Å². The molecule has 3 nitrogen and oxygen atoms in total. The van der Waals surface area contributed by atoms with E-state index in [1.165, 1.54) is 0 Å². The number of ether oxygens (including phenoxy) is 1. The Labute approximate surface area is 96.9 Å². The molecule has 2 atom stereocenters. The second kappa shape index (κ2) is 4.23. The zero-order valence-electron chi connectivity index (χ0n) is 8.37. The van der Waals surface area contributed by atoms with Gasteiger partial charge in [-0.15, -0.1) is 0 Å². The molecule has 0 unspecified atom stereocenters. The summed E-state index contributed by atoms with van der Waals surface area (Å²) in [5.41, 5.74) is 0.939. The Balaban J connectivity index is 2.03. The quantitative estimate of drug-likeness (QED) is 0.839. The molecule has 1 aromatic carbocycles. The zero-order valence-corrected chi connectivity index (χ0v) is 9.95. The van der Waals surface area contributed by atoms with E-state index in [1.807, 2.05) is 31.2 Å². The highest BCUT2D eigenvalue weighted by Crippen LogP contribution is 2.20. The molecule has 1 fully saturated rings. The topological polar surface area (TPSA) is 38.3 Å². The summed E-state index contributed by atoms with van der Waals surface area (Å²) in [7, 11) is 0. The molecule has 0 saturated carbocycles. The van der Waals surface area contributed by atoms with E-state index in [0.29, 0.717) is 0 Å². The number of nitrogens with one attached hydrogen (secondary N) is 1. The van der Waals surface area contributed by atoms with Gasteiger partial charge in [-0.2, -0.15) is 0 Å². The fourth-order valence-corrected chi connectivity index (χ4v) is 1.89. The van der Waals surface area contributed by atoms with Gasteiger partial charge in [0.15, 0.2) is 0 Å². The summed E-state index contributed by atoms with van der Waals surface area (Å²) in [5, 5.41) is 3.15. The van der Waals surface area contributed by atoms with Crippen LogP contribution < -0.4 is 5.32 Å². The SMILES string of the molecule is C[C@@H]1C[C@H](Nc2ccc(Br)cc2)C(=O)O1. The second-order valence-corrected chi connectivity index (χ2v) is 4.60. The van der Waals surface area contributed by atoms with Gasteiger partial charge in [0.05, 0.1) is 0 Å². The molecule has 1 aromatic rings. The highest BCUT2D eigenvalue weighted by molar-refractivity contribution is 9.10. The minimum Gasteiger partial charge on any atom is -0.461 e. The number of benzene rings is 1. The molecule has 15 heavy (non-hydrogen) atoms. The lowest BCUT2D eigenvalue weighted by Gasteiger charge is -2.09. The highest BCUT2D eigenvalue weighted by atomic mass is 79.9. The normalized spacial score (nSPS) is 25.1. The largest absolute Gasteiger partial charge is 0.461 e. The average Bonchev–Trinajstić information content (AvgIpc) is 2.49. The van der Waals surface area contributed by atoms with Gasteiger partial charge in [0, 0.05) is 16.6 Å². The summed E-state index contributed by atoms with van der Waals surface area (Å²) in [6.45, 7) is 1.90. The lowest BCUT2D eigenvalue weighted by Crippen LogP contribution is -2.24. The highest BCUT2D eigenvalue weighted by Gasteiger charge is 2.31. The number of rotatable bonds is 2. The molecular weight excluding hydrogens is 258 g/mol. The fourth-order valence-electron chi connectivity index (χ4n) is 1.62. The number of carbonyl (C=O) groups excluding carboxylic acids is 1. The van der Waals surface area contributed by atoms with E-state index < -0.39 is 0 Å². The Kier molecular flexibility index (Phi) is 2.95. The predicted octanol–water partition coefficient (Wildman–Crippen LogP) is 2.57. The number of carbonyl (C=O) groups is 1. The molecule has 0 aromatic heterocycles. The minimum absolute atomic E-state index is 0.0189. The van der Waals surface area contributed by atoms with Crippen LogP contribution >= 0.6 is 15.9 Å². The first-order valence-corrected chi connectivity index (χ1v) is 5.67. The molecule has 0 radical (unpaired) electrons. The lowest BCUT2D eigenvalue weighted by atomic mass is 10.2. The minimum atomic E-state index is -0.207. The third-order valence-electron chi connectivity index (χ3n) is 2.35. The molecule has 4 heteroatoms. The monoisotopic (exact) mass is 269 g/mol. The molecule has 1 aliphatic rings. The Morgan fingerprint density at radius 3 is 2.60 bits per heavy atom. The number of cyclic esters (lactones) is 1. The van der Waals surface area contributed by atoms with Crippen molar-refractivity contribution in [3.63, 3.8) is 0 Å². The summed E-state index contributed by atoms with van der Waals surface area (Å²) < 4.78 is 6.08. The van der Waals surface area contributed by atoms with Crippen LogP contribution in [0.1, 0.15) is 13.3 Å². The Morgan fingerprint density at radius 1 is 1.40 bits per heavy atom. The van der Waals surface area contributed by atoms with Gasteiger partial charge in [0.2, 0.25) is 0 Å². The van der Waals surface area contributed by atoms with E-state index in [9.17, 15) is 4.79 Å². The number of halogens is 1. The summed E-state index contributed by atoms with van der Waals surface area (Å²) in [6, 6.07) is 7.53. The average molecular weight is 270 g/mol. The smallest absolute Gasteiger partial charge is 0.328 e. The molecule has 0 bridgehead atoms. The molecule has 1 N–H and O–H groups in total. The Morgan fingerprint density at radius 2 is 2.07 bits per heavy atom. The van der Waals surface area contributed by atoms with E-state index in [2.05, 4.69) is 21.2 Å². The molecule has 1 heterocycles. The number of esters is 1. The van der Waals surface area contributed by atoms with Crippen LogP contribution in [0.3, 0.4) is 0 Å². The van der Waals surface area contributed by atoms with E-state index in [4.69, 9.17) is 4.74 Å². The van der Waals surface area contributed by atoms with Crippen molar-refractivity contribution in [2.45, 2.75) is 25.5 Å². The maximum atomic E-state index is 11.4. The summed E-state index contributed by atoms with van der Waals surface area (Å²) >= 11 is 3.36. The van der Waals surface area contributed by atoms with Crippen molar-refractivity contribution in [3.05, 3.63) is 28.7 Å². The van der Waals surface area contributed by atoms with Gasteiger partial charge in [-0.1, -0.05) is 15.9 Å². The van der Waals surface area contributed by atoms with Gasteiger partial charge in [-0.25, -0.2) is 4.79 Å². The Bertz CT molecular complexity index is 363. The summed E-state index contributed by atoms with van der Waals surface area (Å²) in [6.07, 6.45) is 0.750. The standard InChI is InChI=1S/C11H12BrNO2/c1-7-6-10(11(14)15-7)13-9-4-2-8(12)3-5-9/h2-5,7,10,13H,6H2,1H3/t7-,10+/m1/s1. The van der Waals surface area contributed by atoms with Crippen LogP contribution in [0.25, 0.3) is 0 Å². The predicted molar refractivity (Wildman–Crippen MR) is 61.7 cm³/mol.